The predicted molar refractivity (Wildman–Crippen MR) is 114 cm³/mol. The molecule has 3 heterocycles. The Bertz CT molecular complexity index is 990. The molecule has 0 radical (unpaired) electrons. The lowest BCUT2D eigenvalue weighted by Gasteiger charge is -2.34. The third kappa shape index (κ3) is 3.93. The van der Waals surface area contributed by atoms with Crippen molar-refractivity contribution < 1.29 is 14.0 Å². The van der Waals surface area contributed by atoms with Crippen LogP contribution < -0.4 is 0 Å². The van der Waals surface area contributed by atoms with E-state index < -0.39 is 0 Å². The molecule has 0 unspecified atom stereocenters. The van der Waals surface area contributed by atoms with Crippen LogP contribution in [-0.2, 0) is 9.59 Å². The summed E-state index contributed by atoms with van der Waals surface area (Å²) >= 11 is 4.88. The highest BCUT2D eigenvalue weighted by atomic mass is 79.9. The quantitative estimate of drug-likeness (QED) is 0.638. The van der Waals surface area contributed by atoms with E-state index in [1.165, 1.54) is 11.8 Å². The van der Waals surface area contributed by atoms with Gasteiger partial charge in [0, 0.05) is 49.2 Å². The van der Waals surface area contributed by atoms with Crippen LogP contribution in [0.15, 0.2) is 55.2 Å². The van der Waals surface area contributed by atoms with Crippen molar-refractivity contribution in [2.24, 2.45) is 4.99 Å². The first kappa shape index (κ1) is 19.0. The number of carbonyl (C=O) groups excluding carboxylic acids is 2. The minimum absolute atomic E-state index is 0.0796. The van der Waals surface area contributed by atoms with Crippen molar-refractivity contribution in [1.82, 2.24) is 9.80 Å². The molecule has 2 amide bonds. The van der Waals surface area contributed by atoms with Gasteiger partial charge in [-0.1, -0.05) is 34.1 Å². The van der Waals surface area contributed by atoms with Gasteiger partial charge in [-0.05, 0) is 30.0 Å². The molecule has 1 aromatic carbocycles. The van der Waals surface area contributed by atoms with Crippen LogP contribution >= 0.6 is 27.7 Å². The number of amides is 2. The van der Waals surface area contributed by atoms with Gasteiger partial charge in [-0.15, -0.1) is 0 Å². The molecule has 28 heavy (non-hydrogen) atoms. The SMILES string of the molecule is CC(=O)N1CCN(C2=NC(=O)/C(=C\c3ccc(-c4ccccc4Br)o3)S2)CC1. The fraction of sp³-hybridized carbons (Fsp3) is 0.250. The van der Waals surface area contributed by atoms with Crippen molar-refractivity contribution in [1.29, 1.82) is 0 Å². The molecule has 1 aromatic heterocycles. The van der Waals surface area contributed by atoms with Crippen molar-refractivity contribution in [2.75, 3.05) is 26.2 Å². The summed E-state index contributed by atoms with van der Waals surface area (Å²) in [5.74, 6) is 1.17. The van der Waals surface area contributed by atoms with Crippen LogP contribution in [0.2, 0.25) is 0 Å². The molecular weight excluding hydrogens is 442 g/mol. The summed E-state index contributed by atoms with van der Waals surface area (Å²) < 4.78 is 6.85. The Morgan fingerprint density at radius 2 is 1.93 bits per heavy atom. The predicted octanol–water partition coefficient (Wildman–Crippen LogP) is 3.84. The zero-order valence-corrected chi connectivity index (χ0v) is 17.6. The molecule has 6 nitrogen and oxygen atoms in total. The van der Waals surface area contributed by atoms with Gasteiger partial charge in [0.2, 0.25) is 5.91 Å². The second-order valence-electron chi connectivity index (χ2n) is 6.49. The van der Waals surface area contributed by atoms with Gasteiger partial charge in [0.05, 0.1) is 4.91 Å². The normalized spacial score (nSPS) is 18.7. The Hall–Kier alpha value is -2.32. The van der Waals surface area contributed by atoms with E-state index in [-0.39, 0.29) is 11.8 Å². The molecule has 2 aliphatic rings. The highest BCUT2D eigenvalue weighted by Gasteiger charge is 2.29. The maximum Gasteiger partial charge on any atom is 0.286 e. The van der Waals surface area contributed by atoms with Crippen LogP contribution in [0.4, 0.5) is 0 Å². The number of aliphatic imine (C=N–C) groups is 1. The third-order valence-electron chi connectivity index (χ3n) is 4.64. The average molecular weight is 460 g/mol. The Morgan fingerprint density at radius 1 is 1.18 bits per heavy atom. The zero-order chi connectivity index (χ0) is 19.7. The molecule has 0 saturated carbocycles. The van der Waals surface area contributed by atoms with E-state index in [4.69, 9.17) is 4.42 Å². The van der Waals surface area contributed by atoms with Crippen LogP contribution in [-0.4, -0.2) is 53.0 Å². The topological polar surface area (TPSA) is 66.1 Å². The van der Waals surface area contributed by atoms with Crippen LogP contribution in [0.5, 0.6) is 0 Å². The first-order valence-electron chi connectivity index (χ1n) is 8.89. The maximum absolute atomic E-state index is 12.3. The summed E-state index contributed by atoms with van der Waals surface area (Å²) in [6, 6.07) is 11.6. The summed E-state index contributed by atoms with van der Waals surface area (Å²) in [4.78, 5) is 32.4. The second-order valence-corrected chi connectivity index (χ2v) is 8.35. The van der Waals surface area contributed by atoms with Gasteiger partial charge >= 0.3 is 0 Å². The number of benzene rings is 1. The number of hydrogen-bond acceptors (Lipinski definition) is 5. The van der Waals surface area contributed by atoms with Gasteiger partial charge in [-0.2, -0.15) is 4.99 Å². The number of nitrogens with zero attached hydrogens (tertiary/aromatic N) is 3. The molecule has 1 saturated heterocycles. The molecule has 0 atom stereocenters. The lowest BCUT2D eigenvalue weighted by Crippen LogP contribution is -2.49. The summed E-state index contributed by atoms with van der Waals surface area (Å²) in [6.07, 6.45) is 1.73. The molecule has 2 aromatic rings. The van der Waals surface area contributed by atoms with E-state index in [2.05, 4.69) is 25.8 Å². The van der Waals surface area contributed by atoms with Crippen LogP contribution in [0, 0.1) is 0 Å². The molecule has 0 aliphatic carbocycles. The lowest BCUT2D eigenvalue weighted by molar-refractivity contribution is -0.130. The molecule has 0 N–H and O–H groups in total. The third-order valence-corrected chi connectivity index (χ3v) is 6.38. The summed E-state index contributed by atoms with van der Waals surface area (Å²) in [6.45, 7) is 4.23. The number of hydrogen-bond donors (Lipinski definition) is 0. The molecule has 2 aliphatic heterocycles. The van der Waals surface area contributed by atoms with Gasteiger partial charge in [0.1, 0.15) is 11.5 Å². The molecule has 4 rings (SSSR count). The molecule has 0 bridgehead atoms. The monoisotopic (exact) mass is 459 g/mol. The minimum Gasteiger partial charge on any atom is -0.457 e. The number of amidine groups is 1. The highest BCUT2D eigenvalue weighted by Crippen LogP contribution is 2.33. The van der Waals surface area contributed by atoms with Gasteiger partial charge in [-0.25, -0.2) is 0 Å². The number of halogens is 1. The van der Waals surface area contributed by atoms with Crippen molar-refractivity contribution in [3.63, 3.8) is 0 Å². The first-order chi connectivity index (χ1) is 13.5. The number of carbonyl (C=O) groups is 2. The summed E-state index contributed by atoms with van der Waals surface area (Å²) in [7, 11) is 0. The fourth-order valence-corrected chi connectivity index (χ4v) is 4.54. The minimum atomic E-state index is -0.257. The number of furan rings is 1. The van der Waals surface area contributed by atoms with E-state index in [1.54, 1.807) is 17.9 Å². The van der Waals surface area contributed by atoms with Crippen molar-refractivity contribution in [3.05, 3.63) is 51.5 Å². The van der Waals surface area contributed by atoms with Crippen molar-refractivity contribution >= 4 is 50.7 Å². The van der Waals surface area contributed by atoms with Gasteiger partial charge in [0.25, 0.3) is 5.91 Å². The Kier molecular flexibility index (Phi) is 5.41. The fourth-order valence-electron chi connectivity index (χ4n) is 3.11. The molecular formula is C20H18BrN3O3S. The van der Waals surface area contributed by atoms with Crippen LogP contribution in [0.3, 0.4) is 0 Å². The zero-order valence-electron chi connectivity index (χ0n) is 15.2. The number of thioether (sulfide) groups is 1. The Morgan fingerprint density at radius 3 is 2.64 bits per heavy atom. The van der Waals surface area contributed by atoms with E-state index in [9.17, 15) is 9.59 Å². The van der Waals surface area contributed by atoms with Crippen LogP contribution in [0.25, 0.3) is 17.4 Å². The molecule has 0 spiro atoms. The van der Waals surface area contributed by atoms with Gasteiger partial charge in [0.15, 0.2) is 5.17 Å². The van der Waals surface area contributed by atoms with E-state index >= 15 is 0 Å². The summed E-state index contributed by atoms with van der Waals surface area (Å²) in [5.41, 5.74) is 0.956. The van der Waals surface area contributed by atoms with E-state index in [1.807, 2.05) is 36.4 Å². The first-order valence-corrected chi connectivity index (χ1v) is 10.5. The van der Waals surface area contributed by atoms with Crippen LogP contribution in [0.1, 0.15) is 12.7 Å². The largest absolute Gasteiger partial charge is 0.457 e. The molecule has 1 fully saturated rings. The van der Waals surface area contributed by atoms with Gasteiger partial charge in [-0.3, -0.25) is 9.59 Å². The van der Waals surface area contributed by atoms with Gasteiger partial charge < -0.3 is 14.2 Å². The Balaban J connectivity index is 1.45. The highest BCUT2D eigenvalue weighted by molar-refractivity contribution is 9.10. The smallest absolute Gasteiger partial charge is 0.286 e. The van der Waals surface area contributed by atoms with Crippen molar-refractivity contribution in [2.45, 2.75) is 6.92 Å². The molecule has 8 heteroatoms. The average Bonchev–Trinajstić information content (AvgIpc) is 3.30. The van der Waals surface area contributed by atoms with E-state index in [0.29, 0.717) is 42.0 Å². The summed E-state index contributed by atoms with van der Waals surface area (Å²) in [5, 5.41) is 0.692. The molecule has 144 valence electrons. The maximum atomic E-state index is 12.3. The Labute approximate surface area is 175 Å². The number of rotatable bonds is 2. The van der Waals surface area contributed by atoms with E-state index in [0.717, 1.165) is 15.8 Å². The number of piperazine rings is 1. The van der Waals surface area contributed by atoms with Crippen molar-refractivity contribution in [3.8, 4) is 11.3 Å². The lowest BCUT2D eigenvalue weighted by atomic mass is 10.2. The second kappa shape index (κ2) is 7.97. The standard InChI is InChI=1S/C20H18BrN3O3S/c1-13(25)23-8-10-24(11-9-23)20-22-19(26)18(28-20)12-14-6-7-17(27-14)15-4-2-3-5-16(15)21/h2-7,12H,8-11H2,1H3/b18-12+.